The summed E-state index contributed by atoms with van der Waals surface area (Å²) in [5.74, 6) is -0.152. The molecule has 0 bridgehead atoms. The summed E-state index contributed by atoms with van der Waals surface area (Å²) in [6.45, 7) is 4.24. The van der Waals surface area contributed by atoms with Crippen molar-refractivity contribution < 1.29 is 14.3 Å². The number of hydrogen-bond acceptors (Lipinski definition) is 5. The summed E-state index contributed by atoms with van der Waals surface area (Å²) < 4.78 is 11.9. The van der Waals surface area contributed by atoms with Gasteiger partial charge in [-0.2, -0.15) is 0 Å². The summed E-state index contributed by atoms with van der Waals surface area (Å²) >= 11 is 0. The van der Waals surface area contributed by atoms with Crippen LogP contribution in [0.2, 0.25) is 0 Å². The minimum absolute atomic E-state index is 0.0308. The molecule has 0 radical (unpaired) electrons. The largest absolute Gasteiger partial charge is 0.464 e. The van der Waals surface area contributed by atoms with E-state index in [1.165, 1.54) is 7.11 Å². The van der Waals surface area contributed by atoms with E-state index in [1.807, 2.05) is 4.57 Å². The maximum Gasteiger partial charge on any atom is 0.360 e. The van der Waals surface area contributed by atoms with Crippen LogP contribution in [0.5, 0.6) is 0 Å². The molecule has 6 nitrogen and oxygen atoms in total. The van der Waals surface area contributed by atoms with E-state index in [1.54, 1.807) is 13.4 Å². The second kappa shape index (κ2) is 4.28. The molecule has 1 aromatic rings. The molecule has 1 saturated carbocycles. The number of rotatable bonds is 3. The van der Waals surface area contributed by atoms with E-state index in [9.17, 15) is 4.79 Å². The highest BCUT2D eigenvalue weighted by Crippen LogP contribution is 2.51. The fraction of sp³-hybridized carbons (Fsp3) is 0.667. The van der Waals surface area contributed by atoms with Gasteiger partial charge in [0.15, 0.2) is 5.69 Å². The lowest BCUT2D eigenvalue weighted by Gasteiger charge is -2.51. The van der Waals surface area contributed by atoms with Crippen LogP contribution < -0.4 is 5.73 Å². The van der Waals surface area contributed by atoms with Crippen molar-refractivity contribution in [3.05, 3.63) is 12.0 Å². The Hall–Kier alpha value is -1.56. The van der Waals surface area contributed by atoms with Gasteiger partial charge in [-0.25, -0.2) is 9.78 Å². The Morgan fingerprint density at radius 3 is 2.72 bits per heavy atom. The number of nitrogen functional groups attached to an aromatic ring is 1. The number of methoxy groups -OCH3 is 2. The second-order valence-corrected chi connectivity index (χ2v) is 5.17. The van der Waals surface area contributed by atoms with Crippen molar-refractivity contribution in [2.45, 2.75) is 32.4 Å². The standard InChI is InChI=1S/C12H19N3O3/c1-12(2)7(5-8(12)17-3)15-6-14-9(10(15)13)11(16)18-4/h6-8H,5,13H2,1-4H3. The van der Waals surface area contributed by atoms with Gasteiger partial charge in [0.1, 0.15) is 5.82 Å². The Labute approximate surface area is 106 Å². The normalized spacial score (nSPS) is 25.6. The van der Waals surface area contributed by atoms with Crippen LogP contribution in [-0.4, -0.2) is 35.8 Å². The smallest absolute Gasteiger partial charge is 0.360 e. The topological polar surface area (TPSA) is 79.4 Å². The molecule has 18 heavy (non-hydrogen) atoms. The van der Waals surface area contributed by atoms with Gasteiger partial charge in [-0.1, -0.05) is 13.8 Å². The Bertz CT molecular complexity index is 467. The molecule has 1 heterocycles. The first-order valence-corrected chi connectivity index (χ1v) is 5.86. The average Bonchev–Trinajstić information content (AvgIpc) is 2.70. The molecule has 1 fully saturated rings. The third kappa shape index (κ3) is 1.68. The van der Waals surface area contributed by atoms with E-state index in [-0.39, 0.29) is 23.3 Å². The number of hydrogen-bond donors (Lipinski definition) is 1. The zero-order valence-corrected chi connectivity index (χ0v) is 11.1. The zero-order valence-electron chi connectivity index (χ0n) is 11.1. The molecule has 0 aromatic carbocycles. The van der Waals surface area contributed by atoms with Crippen molar-refractivity contribution in [2.24, 2.45) is 5.41 Å². The molecule has 6 heteroatoms. The van der Waals surface area contributed by atoms with Crippen molar-refractivity contribution in [1.82, 2.24) is 9.55 Å². The van der Waals surface area contributed by atoms with Crippen molar-refractivity contribution in [3.8, 4) is 0 Å². The summed E-state index contributed by atoms with van der Waals surface area (Å²) in [4.78, 5) is 15.5. The van der Waals surface area contributed by atoms with Gasteiger partial charge in [-0.15, -0.1) is 0 Å². The number of anilines is 1. The molecule has 2 unspecified atom stereocenters. The lowest BCUT2D eigenvalue weighted by molar-refractivity contribution is -0.112. The second-order valence-electron chi connectivity index (χ2n) is 5.17. The molecule has 0 amide bonds. The van der Waals surface area contributed by atoms with Crippen molar-refractivity contribution in [2.75, 3.05) is 20.0 Å². The van der Waals surface area contributed by atoms with Gasteiger partial charge in [0, 0.05) is 18.6 Å². The quantitative estimate of drug-likeness (QED) is 0.820. The average molecular weight is 253 g/mol. The molecule has 2 atom stereocenters. The monoisotopic (exact) mass is 253 g/mol. The third-order valence-corrected chi connectivity index (χ3v) is 3.96. The van der Waals surface area contributed by atoms with E-state index in [0.717, 1.165) is 6.42 Å². The number of imidazole rings is 1. The number of aromatic nitrogens is 2. The minimum Gasteiger partial charge on any atom is -0.464 e. The summed E-state index contributed by atoms with van der Waals surface area (Å²) in [7, 11) is 3.02. The molecule has 2 rings (SSSR count). The lowest BCUT2D eigenvalue weighted by Crippen LogP contribution is -2.51. The number of esters is 1. The van der Waals surface area contributed by atoms with Crippen LogP contribution in [0.4, 0.5) is 5.82 Å². The van der Waals surface area contributed by atoms with Gasteiger partial charge in [-0.3, -0.25) is 0 Å². The number of carbonyl (C=O) groups excluding carboxylic acids is 1. The molecule has 2 N–H and O–H groups in total. The maximum atomic E-state index is 11.5. The first-order valence-electron chi connectivity index (χ1n) is 5.86. The first kappa shape index (κ1) is 12.9. The van der Waals surface area contributed by atoms with Crippen LogP contribution in [0.1, 0.15) is 36.8 Å². The molecule has 0 saturated heterocycles. The molecule has 1 aliphatic carbocycles. The first-order chi connectivity index (χ1) is 8.43. The summed E-state index contributed by atoms with van der Waals surface area (Å²) in [5, 5.41) is 0. The number of nitrogens with two attached hydrogens (primary N) is 1. The van der Waals surface area contributed by atoms with Crippen LogP contribution in [0, 0.1) is 5.41 Å². The van der Waals surface area contributed by atoms with Gasteiger partial charge in [0.05, 0.1) is 19.5 Å². The molecular formula is C12H19N3O3. The Kier molecular flexibility index (Phi) is 3.06. The number of nitrogens with zero attached hydrogens (tertiary/aromatic N) is 2. The van der Waals surface area contributed by atoms with Gasteiger partial charge >= 0.3 is 5.97 Å². The summed E-state index contributed by atoms with van der Waals surface area (Å²) in [5.41, 5.74) is 6.10. The van der Waals surface area contributed by atoms with Crippen LogP contribution >= 0.6 is 0 Å². The van der Waals surface area contributed by atoms with E-state index >= 15 is 0 Å². The van der Waals surface area contributed by atoms with Crippen molar-refractivity contribution >= 4 is 11.8 Å². The highest BCUT2D eigenvalue weighted by molar-refractivity contribution is 5.92. The Morgan fingerprint density at radius 2 is 2.22 bits per heavy atom. The van der Waals surface area contributed by atoms with Gasteiger partial charge in [0.25, 0.3) is 0 Å². The predicted molar refractivity (Wildman–Crippen MR) is 66.2 cm³/mol. The minimum atomic E-state index is -0.508. The fourth-order valence-corrected chi connectivity index (χ4v) is 2.61. The maximum absolute atomic E-state index is 11.5. The van der Waals surface area contributed by atoms with E-state index < -0.39 is 5.97 Å². The zero-order chi connectivity index (χ0) is 13.5. The molecule has 1 aromatic heterocycles. The number of ether oxygens (including phenoxy) is 2. The Balaban J connectivity index is 2.27. The van der Waals surface area contributed by atoms with Gasteiger partial charge in [-0.05, 0) is 6.42 Å². The summed E-state index contributed by atoms with van der Waals surface area (Å²) in [6, 6.07) is 0.188. The molecule has 1 aliphatic rings. The fourth-order valence-electron chi connectivity index (χ4n) is 2.61. The van der Waals surface area contributed by atoms with Gasteiger partial charge < -0.3 is 19.8 Å². The van der Waals surface area contributed by atoms with Crippen LogP contribution in [0.25, 0.3) is 0 Å². The number of carbonyl (C=O) groups is 1. The molecule has 100 valence electrons. The van der Waals surface area contributed by atoms with Crippen LogP contribution in [-0.2, 0) is 9.47 Å². The predicted octanol–water partition coefficient (Wildman–Crippen LogP) is 1.24. The highest BCUT2D eigenvalue weighted by Gasteiger charge is 2.50. The van der Waals surface area contributed by atoms with E-state index in [2.05, 4.69) is 23.6 Å². The lowest BCUT2D eigenvalue weighted by atomic mass is 9.64. The highest BCUT2D eigenvalue weighted by atomic mass is 16.5. The van der Waals surface area contributed by atoms with Crippen molar-refractivity contribution in [1.29, 1.82) is 0 Å². The van der Waals surface area contributed by atoms with E-state index in [4.69, 9.17) is 10.5 Å². The SMILES string of the molecule is COC(=O)c1ncn(C2CC(OC)C2(C)C)c1N. The van der Waals surface area contributed by atoms with Crippen LogP contribution in [0.15, 0.2) is 6.33 Å². The Morgan fingerprint density at radius 1 is 1.56 bits per heavy atom. The van der Waals surface area contributed by atoms with E-state index in [0.29, 0.717) is 5.82 Å². The van der Waals surface area contributed by atoms with Crippen molar-refractivity contribution in [3.63, 3.8) is 0 Å². The molecule has 0 spiro atoms. The molecule has 0 aliphatic heterocycles. The third-order valence-electron chi connectivity index (χ3n) is 3.96. The van der Waals surface area contributed by atoms with Gasteiger partial charge in [0.2, 0.25) is 0 Å². The van der Waals surface area contributed by atoms with Crippen LogP contribution in [0.3, 0.4) is 0 Å². The summed E-state index contributed by atoms with van der Waals surface area (Å²) in [6.07, 6.45) is 2.66. The molecular weight excluding hydrogens is 234 g/mol.